The number of benzene rings is 1. The van der Waals surface area contributed by atoms with Crippen LogP contribution in [-0.2, 0) is 4.74 Å². The molecule has 1 rings (SSSR count). The van der Waals surface area contributed by atoms with Crippen molar-refractivity contribution in [3.8, 4) is 0 Å². The van der Waals surface area contributed by atoms with Crippen LogP contribution < -0.4 is 5.73 Å². The molecule has 0 spiro atoms. The van der Waals surface area contributed by atoms with Gasteiger partial charge in [0.1, 0.15) is 0 Å². The van der Waals surface area contributed by atoms with E-state index in [-0.39, 0.29) is 0 Å². The second-order valence-corrected chi connectivity index (χ2v) is 6.40. The Balaban J connectivity index is 0.000000557. The maximum absolute atomic E-state index is 5.80. The summed E-state index contributed by atoms with van der Waals surface area (Å²) in [6, 6.07) is 5.97. The van der Waals surface area contributed by atoms with Gasteiger partial charge in [-0.3, -0.25) is 0 Å². The van der Waals surface area contributed by atoms with Crippen LogP contribution in [0.3, 0.4) is 0 Å². The third kappa shape index (κ3) is 9.03. The summed E-state index contributed by atoms with van der Waals surface area (Å²) in [5.74, 6) is 0. The van der Waals surface area contributed by atoms with Crippen LogP contribution in [0.4, 0.5) is 5.69 Å². The zero-order chi connectivity index (χ0) is 13.3. The molecule has 0 aliphatic carbocycles. The number of nitrogens with two attached hydrogens (primary N) is 1. The van der Waals surface area contributed by atoms with Crippen molar-refractivity contribution in [1.82, 2.24) is 0 Å². The Labute approximate surface area is 118 Å². The molecule has 3 heteroatoms. The predicted octanol–water partition coefficient (Wildman–Crippen LogP) is 4.41. The lowest BCUT2D eigenvalue weighted by molar-refractivity contribution is 0.272. The molecule has 0 saturated heterocycles. The Kier molecular flexibility index (Phi) is 8.94. The fourth-order valence-electron chi connectivity index (χ4n) is 1.06. The Morgan fingerprint density at radius 1 is 1.41 bits per heavy atom. The molecule has 0 aliphatic rings. The summed E-state index contributed by atoms with van der Waals surface area (Å²) in [4.78, 5) is 0. The summed E-state index contributed by atoms with van der Waals surface area (Å²) in [6.07, 6.45) is 3.54. The van der Waals surface area contributed by atoms with Crippen molar-refractivity contribution in [2.24, 2.45) is 0 Å². The van der Waals surface area contributed by atoms with Gasteiger partial charge in [0.15, 0.2) is 0 Å². The predicted molar refractivity (Wildman–Crippen MR) is 85.4 cm³/mol. The van der Waals surface area contributed by atoms with Crippen LogP contribution in [0, 0.1) is 6.92 Å². The minimum atomic E-state index is 0.683. The molecule has 17 heavy (non-hydrogen) atoms. The number of hydrogen-bond acceptors (Lipinski definition) is 2. The smallest absolute Gasteiger partial charge is 0.0845 e. The summed E-state index contributed by atoms with van der Waals surface area (Å²) in [5.41, 5.74) is 8.76. The van der Waals surface area contributed by atoms with Gasteiger partial charge < -0.3 is 10.5 Å². The van der Waals surface area contributed by atoms with E-state index in [1.165, 1.54) is 5.56 Å². The third-order valence-electron chi connectivity index (χ3n) is 1.75. The summed E-state index contributed by atoms with van der Waals surface area (Å²) < 4.78 is 5.89. The molecule has 0 aromatic heterocycles. The normalized spacial score (nSPS) is 10.2. The van der Waals surface area contributed by atoms with Crippen LogP contribution in [0.15, 0.2) is 24.5 Å². The van der Waals surface area contributed by atoms with Crippen LogP contribution in [0.25, 0.3) is 6.08 Å². The van der Waals surface area contributed by atoms with Gasteiger partial charge in [0.2, 0.25) is 0 Å². The van der Waals surface area contributed by atoms with Gasteiger partial charge in [0.05, 0.1) is 12.9 Å². The van der Waals surface area contributed by atoms with E-state index in [0.29, 0.717) is 6.61 Å². The van der Waals surface area contributed by atoms with Gasteiger partial charge in [-0.2, -0.15) is 0 Å². The number of aryl methyl sites for hydroxylation is 1. The van der Waals surface area contributed by atoms with Gasteiger partial charge >= 0.3 is 0 Å². The summed E-state index contributed by atoms with van der Waals surface area (Å²) in [7, 11) is 0. The highest BCUT2D eigenvalue weighted by atomic mass is 127. The van der Waals surface area contributed by atoms with Crippen LogP contribution in [0.1, 0.15) is 31.9 Å². The molecule has 1 aromatic carbocycles. The maximum atomic E-state index is 5.80. The fourth-order valence-corrected chi connectivity index (χ4v) is 1.06. The summed E-state index contributed by atoms with van der Waals surface area (Å²) >= 11 is 2.34. The molecule has 0 unspecified atom stereocenters. The highest BCUT2D eigenvalue weighted by Crippen LogP contribution is 2.15. The molecular formula is C14H22INO. The summed E-state index contributed by atoms with van der Waals surface area (Å²) in [6.45, 7) is 8.96. The highest BCUT2D eigenvalue weighted by Gasteiger charge is 1.93. The molecule has 0 bridgehead atoms. The van der Waals surface area contributed by atoms with Gasteiger partial charge in [-0.15, -0.1) is 0 Å². The number of anilines is 1. The van der Waals surface area contributed by atoms with Gasteiger partial charge in [-0.05, 0) is 31.6 Å². The Morgan fingerprint density at radius 2 is 2.00 bits per heavy atom. The zero-order valence-electron chi connectivity index (χ0n) is 11.0. The maximum Gasteiger partial charge on any atom is 0.0845 e. The van der Waals surface area contributed by atoms with Crippen molar-refractivity contribution in [3.63, 3.8) is 0 Å². The number of nitrogen functional groups attached to an aromatic ring is 1. The number of rotatable bonds is 3. The van der Waals surface area contributed by atoms with E-state index in [1.807, 2.05) is 38.1 Å². The fraction of sp³-hybridized carbons (Fsp3) is 0.429. The molecule has 2 N–H and O–H groups in total. The van der Waals surface area contributed by atoms with Crippen molar-refractivity contribution in [2.45, 2.75) is 31.6 Å². The van der Waals surface area contributed by atoms with Gasteiger partial charge in [0, 0.05) is 15.2 Å². The van der Waals surface area contributed by atoms with Gasteiger partial charge in [-0.25, -0.2) is 0 Å². The molecule has 1 aromatic rings. The largest absolute Gasteiger partial charge is 0.501 e. The average molecular weight is 347 g/mol. The van der Waals surface area contributed by atoms with Crippen LogP contribution in [-0.4, -0.2) is 10.5 Å². The minimum absolute atomic E-state index is 0.683. The first kappa shape index (κ1) is 16.3. The first-order chi connectivity index (χ1) is 7.97. The molecule has 0 atom stereocenters. The van der Waals surface area contributed by atoms with Crippen LogP contribution in [0.5, 0.6) is 0 Å². The molecule has 0 aliphatic heterocycles. The monoisotopic (exact) mass is 347 g/mol. The number of alkyl halides is 1. The van der Waals surface area contributed by atoms with Crippen molar-refractivity contribution in [3.05, 3.63) is 35.6 Å². The summed E-state index contributed by atoms with van der Waals surface area (Å²) in [5, 5.41) is 0. The Hall–Kier alpha value is -0.710. The van der Waals surface area contributed by atoms with Crippen LogP contribution >= 0.6 is 22.6 Å². The van der Waals surface area contributed by atoms with Crippen LogP contribution in [0.2, 0.25) is 0 Å². The highest BCUT2D eigenvalue weighted by molar-refractivity contribution is 14.1. The van der Waals surface area contributed by atoms with Gasteiger partial charge in [0.25, 0.3) is 0 Å². The minimum Gasteiger partial charge on any atom is -0.501 e. The second kappa shape index (κ2) is 9.33. The van der Waals surface area contributed by atoms with E-state index in [1.54, 1.807) is 6.26 Å². The van der Waals surface area contributed by atoms with Crippen molar-refractivity contribution < 1.29 is 4.74 Å². The topological polar surface area (TPSA) is 35.2 Å². The van der Waals surface area contributed by atoms with E-state index in [4.69, 9.17) is 10.5 Å². The molecule has 96 valence electrons. The third-order valence-corrected chi connectivity index (χ3v) is 1.75. The Bertz CT molecular complexity index is 345. The molecule has 0 radical (unpaired) electrons. The van der Waals surface area contributed by atoms with E-state index in [0.717, 1.165) is 15.2 Å². The first-order valence-corrected chi connectivity index (χ1v) is 7.00. The lowest BCUT2D eigenvalue weighted by Gasteiger charge is -2.01. The Morgan fingerprint density at radius 3 is 2.47 bits per heavy atom. The SMILES string of the molecule is CC(C)I.CCOC=Cc1ccc(C)cc1N. The average Bonchev–Trinajstić information content (AvgIpc) is 2.21. The molecule has 0 saturated carbocycles. The zero-order valence-corrected chi connectivity index (χ0v) is 13.2. The van der Waals surface area contributed by atoms with Crippen molar-refractivity contribution >= 4 is 34.4 Å². The molecular weight excluding hydrogens is 325 g/mol. The quantitative estimate of drug-likeness (QED) is 0.380. The van der Waals surface area contributed by atoms with Gasteiger partial charge in [-0.1, -0.05) is 48.6 Å². The van der Waals surface area contributed by atoms with E-state index in [9.17, 15) is 0 Å². The number of hydrogen-bond donors (Lipinski definition) is 1. The number of halogens is 1. The number of ether oxygens (including phenoxy) is 1. The standard InChI is InChI=1S/C11H15NO.C3H7I/c1-3-13-7-6-10-5-4-9(2)8-11(10)12;1-3(2)4/h4-8H,3,12H2,1-2H3;3H,1-2H3. The molecule has 0 heterocycles. The van der Waals surface area contributed by atoms with E-state index in [2.05, 4.69) is 36.4 Å². The lowest BCUT2D eigenvalue weighted by atomic mass is 10.1. The van der Waals surface area contributed by atoms with E-state index >= 15 is 0 Å². The molecule has 2 nitrogen and oxygen atoms in total. The molecule has 0 amide bonds. The van der Waals surface area contributed by atoms with Crippen molar-refractivity contribution in [2.75, 3.05) is 12.3 Å². The second-order valence-electron chi connectivity index (χ2n) is 3.90. The van der Waals surface area contributed by atoms with E-state index < -0.39 is 0 Å². The first-order valence-electron chi connectivity index (χ1n) is 5.75. The van der Waals surface area contributed by atoms with Crippen molar-refractivity contribution in [1.29, 1.82) is 0 Å². The molecule has 0 fully saturated rings. The lowest BCUT2D eigenvalue weighted by Crippen LogP contribution is -1.89.